The van der Waals surface area contributed by atoms with Crippen molar-refractivity contribution in [2.75, 3.05) is 20.1 Å². The van der Waals surface area contributed by atoms with E-state index in [2.05, 4.69) is 0 Å². The van der Waals surface area contributed by atoms with E-state index in [0.717, 1.165) is 19.4 Å². The van der Waals surface area contributed by atoms with Crippen LogP contribution in [0.3, 0.4) is 0 Å². The highest BCUT2D eigenvalue weighted by Crippen LogP contribution is 2.45. The van der Waals surface area contributed by atoms with Gasteiger partial charge in [0.25, 0.3) is 5.91 Å². The van der Waals surface area contributed by atoms with Crippen LogP contribution in [0.5, 0.6) is 0 Å². The summed E-state index contributed by atoms with van der Waals surface area (Å²) >= 11 is 5.79. The monoisotopic (exact) mass is 252 g/mol. The van der Waals surface area contributed by atoms with Crippen molar-refractivity contribution in [2.45, 2.75) is 12.8 Å². The summed E-state index contributed by atoms with van der Waals surface area (Å²) in [5.74, 6) is 0.0291. The molecule has 1 aromatic carbocycles. The van der Waals surface area contributed by atoms with Gasteiger partial charge in [-0.2, -0.15) is 0 Å². The van der Waals surface area contributed by atoms with Crippen molar-refractivity contribution >= 4 is 17.5 Å². The maximum Gasteiger partial charge on any atom is 0.253 e. The lowest BCUT2D eigenvalue weighted by molar-refractivity contribution is 0.0766. The topological polar surface area (TPSA) is 46.3 Å². The molecule has 0 saturated heterocycles. The predicted molar refractivity (Wildman–Crippen MR) is 69.1 cm³/mol. The lowest BCUT2D eigenvalue weighted by Crippen LogP contribution is -2.35. The van der Waals surface area contributed by atoms with Crippen LogP contribution in [0.1, 0.15) is 23.2 Å². The molecule has 92 valence electrons. The fourth-order valence-electron chi connectivity index (χ4n) is 1.99. The highest BCUT2D eigenvalue weighted by molar-refractivity contribution is 6.30. The number of hydrogen-bond donors (Lipinski definition) is 1. The standard InChI is InChI=1S/C13H17ClN2O/c1-16(9-13(8-15)6-7-13)12(17)10-2-4-11(14)5-3-10/h2-5H,6-9,15H2,1H3. The molecule has 0 bridgehead atoms. The lowest BCUT2D eigenvalue weighted by Gasteiger charge is -2.22. The molecular weight excluding hydrogens is 236 g/mol. The molecule has 0 aromatic heterocycles. The molecule has 0 radical (unpaired) electrons. The van der Waals surface area contributed by atoms with Crippen LogP contribution in [0.15, 0.2) is 24.3 Å². The molecule has 3 nitrogen and oxygen atoms in total. The SMILES string of the molecule is CN(CC1(CN)CC1)C(=O)c1ccc(Cl)cc1. The maximum atomic E-state index is 12.1. The number of carbonyl (C=O) groups is 1. The van der Waals surface area contributed by atoms with E-state index >= 15 is 0 Å². The van der Waals surface area contributed by atoms with Crippen LogP contribution in [0.4, 0.5) is 0 Å². The van der Waals surface area contributed by atoms with E-state index in [1.54, 1.807) is 29.2 Å². The van der Waals surface area contributed by atoms with Crippen molar-refractivity contribution in [2.24, 2.45) is 11.1 Å². The summed E-state index contributed by atoms with van der Waals surface area (Å²) in [5.41, 5.74) is 6.57. The van der Waals surface area contributed by atoms with Crippen LogP contribution < -0.4 is 5.73 Å². The molecule has 1 aliphatic carbocycles. The molecule has 0 aliphatic heterocycles. The number of hydrogen-bond acceptors (Lipinski definition) is 2. The number of carbonyl (C=O) groups excluding carboxylic acids is 1. The molecule has 1 aliphatic rings. The average Bonchev–Trinajstić information content (AvgIpc) is 3.09. The van der Waals surface area contributed by atoms with Gasteiger partial charge in [0.2, 0.25) is 0 Å². The fourth-order valence-corrected chi connectivity index (χ4v) is 2.12. The Morgan fingerprint density at radius 1 is 1.41 bits per heavy atom. The molecule has 0 unspecified atom stereocenters. The molecule has 17 heavy (non-hydrogen) atoms. The Morgan fingerprint density at radius 3 is 2.47 bits per heavy atom. The molecule has 1 saturated carbocycles. The number of halogens is 1. The number of amides is 1. The number of benzene rings is 1. The van der Waals surface area contributed by atoms with Gasteiger partial charge in [0.1, 0.15) is 0 Å². The van der Waals surface area contributed by atoms with E-state index in [9.17, 15) is 4.79 Å². The molecule has 1 fully saturated rings. The van der Waals surface area contributed by atoms with E-state index < -0.39 is 0 Å². The zero-order valence-electron chi connectivity index (χ0n) is 9.95. The summed E-state index contributed by atoms with van der Waals surface area (Å²) in [6.07, 6.45) is 2.25. The van der Waals surface area contributed by atoms with Crippen LogP contribution in [0, 0.1) is 5.41 Å². The Hall–Kier alpha value is -1.06. The van der Waals surface area contributed by atoms with Crippen molar-refractivity contribution in [3.05, 3.63) is 34.9 Å². The van der Waals surface area contributed by atoms with Gasteiger partial charge in [-0.25, -0.2) is 0 Å². The fraction of sp³-hybridized carbons (Fsp3) is 0.462. The molecule has 0 heterocycles. The van der Waals surface area contributed by atoms with Crippen molar-refractivity contribution in [1.29, 1.82) is 0 Å². The highest BCUT2D eigenvalue weighted by Gasteiger charge is 2.42. The molecule has 1 aromatic rings. The second-order valence-electron chi connectivity index (χ2n) is 4.87. The first-order valence-electron chi connectivity index (χ1n) is 5.77. The van der Waals surface area contributed by atoms with E-state index in [1.165, 1.54) is 0 Å². The Kier molecular flexibility index (Phi) is 3.40. The van der Waals surface area contributed by atoms with E-state index in [-0.39, 0.29) is 11.3 Å². The highest BCUT2D eigenvalue weighted by atomic mass is 35.5. The third-order valence-electron chi connectivity index (χ3n) is 3.40. The Morgan fingerprint density at radius 2 is 2.00 bits per heavy atom. The predicted octanol–water partition coefficient (Wildman–Crippen LogP) is 2.15. The Bertz CT molecular complexity index is 412. The zero-order valence-corrected chi connectivity index (χ0v) is 10.7. The maximum absolute atomic E-state index is 12.1. The smallest absolute Gasteiger partial charge is 0.253 e. The van der Waals surface area contributed by atoms with Gasteiger partial charge in [-0.05, 0) is 43.7 Å². The van der Waals surface area contributed by atoms with Crippen molar-refractivity contribution in [3.8, 4) is 0 Å². The molecule has 0 atom stereocenters. The first-order chi connectivity index (χ1) is 8.06. The van der Waals surface area contributed by atoms with Gasteiger partial charge >= 0.3 is 0 Å². The van der Waals surface area contributed by atoms with Gasteiger partial charge in [0.15, 0.2) is 0 Å². The van der Waals surface area contributed by atoms with Crippen molar-refractivity contribution in [1.82, 2.24) is 4.90 Å². The molecule has 0 spiro atoms. The molecule has 2 rings (SSSR count). The minimum absolute atomic E-state index is 0.0291. The number of nitrogens with two attached hydrogens (primary N) is 1. The third-order valence-corrected chi connectivity index (χ3v) is 3.65. The van der Waals surface area contributed by atoms with E-state index in [4.69, 9.17) is 17.3 Å². The Labute approximate surface area is 107 Å². The van der Waals surface area contributed by atoms with Crippen LogP contribution in [-0.2, 0) is 0 Å². The second-order valence-corrected chi connectivity index (χ2v) is 5.31. The number of rotatable bonds is 4. The third kappa shape index (κ3) is 2.79. The van der Waals surface area contributed by atoms with Crippen LogP contribution >= 0.6 is 11.6 Å². The second kappa shape index (κ2) is 4.67. The normalized spacial score (nSPS) is 16.6. The first-order valence-corrected chi connectivity index (χ1v) is 6.15. The van der Waals surface area contributed by atoms with Gasteiger partial charge in [-0.1, -0.05) is 11.6 Å². The van der Waals surface area contributed by atoms with Crippen LogP contribution in [0.2, 0.25) is 5.02 Å². The van der Waals surface area contributed by atoms with Gasteiger partial charge in [0, 0.05) is 29.6 Å². The summed E-state index contributed by atoms with van der Waals surface area (Å²) in [5, 5.41) is 0.643. The summed E-state index contributed by atoms with van der Waals surface area (Å²) < 4.78 is 0. The molecule has 2 N–H and O–H groups in total. The minimum atomic E-state index is 0.0291. The first kappa shape index (κ1) is 12.4. The minimum Gasteiger partial charge on any atom is -0.341 e. The van der Waals surface area contributed by atoms with Gasteiger partial charge in [-0.15, -0.1) is 0 Å². The average molecular weight is 253 g/mol. The van der Waals surface area contributed by atoms with E-state index in [1.807, 2.05) is 7.05 Å². The summed E-state index contributed by atoms with van der Waals surface area (Å²) in [4.78, 5) is 13.9. The molecule has 4 heteroatoms. The van der Waals surface area contributed by atoms with Crippen molar-refractivity contribution < 1.29 is 4.79 Å². The summed E-state index contributed by atoms with van der Waals surface area (Å²) in [6, 6.07) is 6.98. The lowest BCUT2D eigenvalue weighted by atomic mass is 10.1. The largest absolute Gasteiger partial charge is 0.341 e. The quantitative estimate of drug-likeness (QED) is 0.893. The van der Waals surface area contributed by atoms with Gasteiger partial charge in [0.05, 0.1) is 0 Å². The van der Waals surface area contributed by atoms with Gasteiger partial charge < -0.3 is 10.6 Å². The van der Waals surface area contributed by atoms with Gasteiger partial charge in [-0.3, -0.25) is 4.79 Å². The zero-order chi connectivity index (χ0) is 12.5. The molecule has 1 amide bonds. The van der Waals surface area contributed by atoms with E-state index in [0.29, 0.717) is 17.1 Å². The van der Waals surface area contributed by atoms with Crippen molar-refractivity contribution in [3.63, 3.8) is 0 Å². The summed E-state index contributed by atoms with van der Waals surface area (Å²) in [6.45, 7) is 1.40. The molecular formula is C13H17ClN2O. The van der Waals surface area contributed by atoms with Crippen LogP contribution in [0.25, 0.3) is 0 Å². The number of nitrogens with zero attached hydrogens (tertiary/aromatic N) is 1. The summed E-state index contributed by atoms with van der Waals surface area (Å²) in [7, 11) is 1.83. The van der Waals surface area contributed by atoms with Crippen LogP contribution in [-0.4, -0.2) is 30.9 Å². The Balaban J connectivity index is 2.02.